The number of ether oxygens (including phenoxy) is 1. The predicted molar refractivity (Wildman–Crippen MR) is 123 cm³/mol. The van der Waals surface area contributed by atoms with Crippen molar-refractivity contribution in [3.8, 4) is 0 Å². The molecule has 0 saturated heterocycles. The number of para-hydroxylation sites is 1. The molecule has 1 unspecified atom stereocenters. The molecule has 1 amide bonds. The number of rotatable bonds is 7. The summed E-state index contributed by atoms with van der Waals surface area (Å²) in [5.41, 5.74) is 1.71. The molecule has 172 valence electrons. The van der Waals surface area contributed by atoms with Gasteiger partial charge in [-0.3, -0.25) is 9.10 Å². The van der Waals surface area contributed by atoms with Gasteiger partial charge in [0, 0.05) is 18.1 Å². The fourth-order valence-corrected chi connectivity index (χ4v) is 6.00. The number of carbonyl (C=O) groups is 2. The summed E-state index contributed by atoms with van der Waals surface area (Å²) >= 11 is 0. The van der Waals surface area contributed by atoms with Crippen molar-refractivity contribution in [3.63, 3.8) is 0 Å². The summed E-state index contributed by atoms with van der Waals surface area (Å²) in [5.74, 6) is -1.03. The van der Waals surface area contributed by atoms with Gasteiger partial charge in [-0.1, -0.05) is 24.3 Å². The molecule has 0 radical (unpaired) electrons. The second-order valence-electron chi connectivity index (χ2n) is 8.58. The first-order valence-corrected chi connectivity index (χ1v) is 12.2. The molecule has 0 aliphatic carbocycles. The van der Waals surface area contributed by atoms with E-state index in [1.165, 1.54) is 28.6 Å². The fraction of sp³-hybridized carbons (Fsp3) is 0.417. The summed E-state index contributed by atoms with van der Waals surface area (Å²) < 4.78 is 33.4. The molecular weight excluding hydrogens is 428 g/mol. The van der Waals surface area contributed by atoms with Gasteiger partial charge < -0.3 is 9.64 Å². The second-order valence-corrected chi connectivity index (χ2v) is 10.4. The molecule has 1 heterocycles. The lowest BCUT2D eigenvalue weighted by Crippen LogP contribution is -2.44. The largest absolute Gasteiger partial charge is 0.452 e. The van der Waals surface area contributed by atoms with Gasteiger partial charge in [0.05, 0.1) is 16.1 Å². The van der Waals surface area contributed by atoms with Gasteiger partial charge in [-0.15, -0.1) is 0 Å². The zero-order valence-electron chi connectivity index (χ0n) is 19.1. The van der Waals surface area contributed by atoms with Gasteiger partial charge in [0.2, 0.25) is 0 Å². The topological polar surface area (TPSA) is 84.0 Å². The van der Waals surface area contributed by atoms with E-state index in [1.807, 2.05) is 52.8 Å². The number of anilines is 1. The van der Waals surface area contributed by atoms with Crippen molar-refractivity contribution in [2.75, 3.05) is 10.9 Å². The highest BCUT2D eigenvalue weighted by Gasteiger charge is 2.36. The summed E-state index contributed by atoms with van der Waals surface area (Å²) in [6.07, 6.45) is 0.626. The number of esters is 1. The molecule has 0 fully saturated rings. The van der Waals surface area contributed by atoms with Crippen molar-refractivity contribution in [3.05, 3.63) is 59.7 Å². The van der Waals surface area contributed by atoms with E-state index in [2.05, 4.69) is 0 Å². The first kappa shape index (κ1) is 23.8. The monoisotopic (exact) mass is 458 g/mol. The summed E-state index contributed by atoms with van der Waals surface area (Å²) in [6.45, 7) is 9.04. The van der Waals surface area contributed by atoms with Crippen LogP contribution in [0.1, 0.15) is 50.5 Å². The van der Waals surface area contributed by atoms with Gasteiger partial charge in [0.1, 0.15) is 0 Å². The second kappa shape index (κ2) is 9.32. The molecule has 3 rings (SSSR count). The van der Waals surface area contributed by atoms with Crippen LogP contribution in [-0.2, 0) is 26.0 Å². The highest BCUT2D eigenvalue weighted by atomic mass is 32.2. The summed E-state index contributed by atoms with van der Waals surface area (Å²) in [5, 5.41) is 0. The summed E-state index contributed by atoms with van der Waals surface area (Å²) in [6, 6.07) is 12.9. The minimum atomic E-state index is -3.87. The van der Waals surface area contributed by atoms with Gasteiger partial charge in [-0.25, -0.2) is 13.2 Å². The third-order valence-corrected chi connectivity index (χ3v) is 7.42. The quantitative estimate of drug-likeness (QED) is 0.592. The standard InChI is InChI=1S/C24H30N2O5S/c1-16(2)25(17(3)4)23(27)15-31-24(28)20-10-8-11-21(14-20)32(29,30)26-18(5)13-19-9-6-7-12-22(19)26/h6-12,14,16-18H,13,15H2,1-5H3. The Balaban J connectivity index is 1.79. The number of hydrogen-bond donors (Lipinski definition) is 0. The Kier molecular flexibility index (Phi) is 6.93. The van der Waals surface area contributed by atoms with Crippen LogP contribution < -0.4 is 4.31 Å². The van der Waals surface area contributed by atoms with E-state index < -0.39 is 22.6 Å². The Labute approximate surface area is 190 Å². The van der Waals surface area contributed by atoms with E-state index in [0.717, 1.165) is 5.56 Å². The minimum absolute atomic E-state index is 0.00724. The van der Waals surface area contributed by atoms with Gasteiger partial charge in [0.25, 0.3) is 15.9 Å². The van der Waals surface area contributed by atoms with Crippen LogP contribution in [0, 0.1) is 0 Å². The number of fused-ring (bicyclic) bond motifs is 1. The Bertz CT molecular complexity index is 1100. The van der Waals surface area contributed by atoms with Crippen LogP contribution >= 0.6 is 0 Å². The molecule has 32 heavy (non-hydrogen) atoms. The average Bonchev–Trinajstić information content (AvgIpc) is 3.08. The number of amides is 1. The SMILES string of the molecule is CC(C)N(C(=O)COC(=O)c1cccc(S(=O)(=O)N2c3ccccc3CC2C)c1)C(C)C. The summed E-state index contributed by atoms with van der Waals surface area (Å²) in [4.78, 5) is 26.7. The van der Waals surface area contributed by atoms with E-state index in [9.17, 15) is 18.0 Å². The molecule has 1 aliphatic rings. The van der Waals surface area contributed by atoms with E-state index >= 15 is 0 Å². The maximum atomic E-state index is 13.4. The maximum absolute atomic E-state index is 13.4. The molecule has 0 bridgehead atoms. The van der Waals surface area contributed by atoms with Gasteiger partial charge in [-0.05, 0) is 70.9 Å². The molecule has 1 aliphatic heterocycles. The highest BCUT2D eigenvalue weighted by Crippen LogP contribution is 2.36. The molecule has 7 nitrogen and oxygen atoms in total. The van der Waals surface area contributed by atoms with Crippen molar-refractivity contribution in [1.82, 2.24) is 4.90 Å². The summed E-state index contributed by atoms with van der Waals surface area (Å²) in [7, 11) is -3.87. The van der Waals surface area contributed by atoms with Crippen molar-refractivity contribution < 1.29 is 22.7 Å². The number of sulfonamides is 1. The average molecular weight is 459 g/mol. The molecule has 8 heteroatoms. The first-order chi connectivity index (χ1) is 15.0. The van der Waals surface area contributed by atoms with Crippen LogP contribution in [-0.4, -0.2) is 49.9 Å². The van der Waals surface area contributed by atoms with E-state index in [-0.39, 0.29) is 34.5 Å². The number of carbonyl (C=O) groups excluding carboxylic acids is 2. The smallest absolute Gasteiger partial charge is 0.338 e. The number of nitrogens with zero attached hydrogens (tertiary/aromatic N) is 2. The van der Waals surface area contributed by atoms with Crippen molar-refractivity contribution in [2.45, 2.75) is 64.1 Å². The lowest BCUT2D eigenvalue weighted by Gasteiger charge is -2.30. The Morgan fingerprint density at radius 3 is 2.38 bits per heavy atom. The molecule has 0 saturated carbocycles. The van der Waals surface area contributed by atoms with Crippen molar-refractivity contribution in [2.24, 2.45) is 0 Å². The predicted octanol–water partition coefficient (Wildman–Crippen LogP) is 3.63. The fourth-order valence-electron chi connectivity index (χ4n) is 4.26. The van der Waals surface area contributed by atoms with Gasteiger partial charge in [-0.2, -0.15) is 0 Å². The van der Waals surface area contributed by atoms with Crippen LogP contribution in [0.2, 0.25) is 0 Å². The third-order valence-electron chi connectivity index (χ3n) is 5.50. The maximum Gasteiger partial charge on any atom is 0.338 e. The number of benzene rings is 2. The molecular formula is C24H30N2O5S. The Morgan fingerprint density at radius 2 is 1.72 bits per heavy atom. The molecule has 0 spiro atoms. The van der Waals surface area contributed by atoms with Gasteiger partial charge >= 0.3 is 5.97 Å². The minimum Gasteiger partial charge on any atom is -0.452 e. The van der Waals surface area contributed by atoms with Crippen LogP contribution in [0.3, 0.4) is 0 Å². The van der Waals surface area contributed by atoms with E-state index in [1.54, 1.807) is 11.0 Å². The normalized spacial score (nSPS) is 15.7. The van der Waals surface area contributed by atoms with Crippen LogP contribution in [0.15, 0.2) is 53.4 Å². The molecule has 0 aromatic heterocycles. The van der Waals surface area contributed by atoms with Crippen molar-refractivity contribution >= 4 is 27.6 Å². The zero-order valence-corrected chi connectivity index (χ0v) is 19.9. The van der Waals surface area contributed by atoms with E-state index in [4.69, 9.17) is 4.74 Å². The first-order valence-electron chi connectivity index (χ1n) is 10.7. The van der Waals surface area contributed by atoms with Crippen LogP contribution in [0.5, 0.6) is 0 Å². The lowest BCUT2D eigenvalue weighted by molar-refractivity contribution is -0.138. The lowest BCUT2D eigenvalue weighted by atomic mass is 10.1. The Morgan fingerprint density at radius 1 is 1.06 bits per heavy atom. The Hall–Kier alpha value is -2.87. The van der Waals surface area contributed by atoms with E-state index in [0.29, 0.717) is 12.1 Å². The van der Waals surface area contributed by atoms with Gasteiger partial charge in [0.15, 0.2) is 6.61 Å². The third kappa shape index (κ3) is 4.65. The van der Waals surface area contributed by atoms with Crippen LogP contribution in [0.25, 0.3) is 0 Å². The van der Waals surface area contributed by atoms with Crippen LogP contribution in [0.4, 0.5) is 5.69 Å². The zero-order chi connectivity index (χ0) is 23.6. The molecule has 2 aromatic rings. The molecule has 0 N–H and O–H groups in total. The molecule has 1 atom stereocenters. The molecule has 2 aromatic carbocycles. The number of hydrogen-bond acceptors (Lipinski definition) is 5. The van der Waals surface area contributed by atoms with Crippen molar-refractivity contribution in [1.29, 1.82) is 0 Å². The highest BCUT2D eigenvalue weighted by molar-refractivity contribution is 7.92.